The van der Waals surface area contributed by atoms with E-state index in [-0.39, 0.29) is 24.9 Å². The van der Waals surface area contributed by atoms with Gasteiger partial charge < -0.3 is 24.3 Å². The summed E-state index contributed by atoms with van der Waals surface area (Å²) < 4.78 is 22.1. The summed E-state index contributed by atoms with van der Waals surface area (Å²) in [7, 11) is 0. The Morgan fingerprint density at radius 1 is 1.32 bits per heavy atom. The summed E-state index contributed by atoms with van der Waals surface area (Å²) in [5, 5.41) is 2.72. The van der Waals surface area contributed by atoms with Crippen LogP contribution in [0.1, 0.15) is 19.4 Å². The molecule has 0 spiro atoms. The highest BCUT2D eigenvalue weighted by Crippen LogP contribution is 2.34. The number of carbonyl (C=O) groups excluding carboxylic acids is 1. The second-order valence-electron chi connectivity index (χ2n) is 5.95. The zero-order chi connectivity index (χ0) is 15.6. The van der Waals surface area contributed by atoms with E-state index in [0.29, 0.717) is 13.2 Å². The number of rotatable bonds is 5. The lowest BCUT2D eigenvalue weighted by molar-refractivity contribution is -0.147. The van der Waals surface area contributed by atoms with Gasteiger partial charge in [0, 0.05) is 6.54 Å². The fraction of sp³-hybridized carbons (Fsp3) is 0.562. The van der Waals surface area contributed by atoms with Gasteiger partial charge in [-0.25, -0.2) is 4.79 Å². The van der Waals surface area contributed by atoms with Crippen LogP contribution >= 0.6 is 0 Å². The van der Waals surface area contributed by atoms with Crippen LogP contribution in [0.25, 0.3) is 0 Å². The van der Waals surface area contributed by atoms with Crippen LogP contribution in [0.3, 0.4) is 0 Å². The van der Waals surface area contributed by atoms with Crippen molar-refractivity contribution in [2.75, 3.05) is 13.2 Å². The first kappa shape index (κ1) is 15.3. The van der Waals surface area contributed by atoms with Crippen LogP contribution in [-0.4, -0.2) is 43.3 Å². The van der Waals surface area contributed by atoms with Gasteiger partial charge in [-0.05, 0) is 19.4 Å². The Morgan fingerprint density at radius 2 is 2.05 bits per heavy atom. The molecular formula is C16H21NO5. The average Bonchev–Trinajstić information content (AvgIpc) is 3.28. The minimum Gasteiger partial charge on any atom is -0.445 e. The van der Waals surface area contributed by atoms with E-state index in [1.54, 1.807) is 0 Å². The summed E-state index contributed by atoms with van der Waals surface area (Å²) in [5.74, 6) is -0.656. The number of alkyl carbamates (subject to hydrolysis) is 1. The van der Waals surface area contributed by atoms with Crippen molar-refractivity contribution in [2.24, 2.45) is 0 Å². The number of amides is 1. The maximum absolute atomic E-state index is 11.8. The second-order valence-corrected chi connectivity index (χ2v) is 5.95. The van der Waals surface area contributed by atoms with E-state index in [2.05, 4.69) is 5.32 Å². The molecule has 3 rings (SSSR count). The van der Waals surface area contributed by atoms with E-state index in [4.69, 9.17) is 18.9 Å². The number of benzene rings is 1. The molecular weight excluding hydrogens is 286 g/mol. The van der Waals surface area contributed by atoms with Gasteiger partial charge in [0.1, 0.15) is 24.9 Å². The third-order valence-corrected chi connectivity index (χ3v) is 3.61. The molecule has 0 radical (unpaired) electrons. The van der Waals surface area contributed by atoms with Gasteiger partial charge in [-0.1, -0.05) is 30.3 Å². The third-order valence-electron chi connectivity index (χ3n) is 3.61. The summed E-state index contributed by atoms with van der Waals surface area (Å²) in [6.07, 6.45) is -0.780. The summed E-state index contributed by atoms with van der Waals surface area (Å²) in [4.78, 5) is 11.8. The molecule has 2 aliphatic rings. The van der Waals surface area contributed by atoms with Crippen molar-refractivity contribution in [3.05, 3.63) is 35.9 Å². The Bertz CT molecular complexity index is 515. The van der Waals surface area contributed by atoms with E-state index in [0.717, 1.165) is 5.56 Å². The monoisotopic (exact) mass is 307 g/mol. The Hall–Kier alpha value is -1.63. The van der Waals surface area contributed by atoms with E-state index < -0.39 is 11.9 Å². The largest absolute Gasteiger partial charge is 0.445 e. The Balaban J connectivity index is 1.44. The minimum absolute atomic E-state index is 0.0638. The molecule has 6 heteroatoms. The number of nitrogens with one attached hydrogen (secondary N) is 1. The average molecular weight is 307 g/mol. The third kappa shape index (κ3) is 3.97. The lowest BCUT2D eigenvalue weighted by Crippen LogP contribution is -2.39. The molecule has 0 saturated carbocycles. The van der Waals surface area contributed by atoms with Crippen molar-refractivity contribution in [2.45, 2.75) is 44.6 Å². The molecule has 0 aliphatic carbocycles. The molecule has 0 unspecified atom stereocenters. The predicted octanol–water partition coefficient (Wildman–Crippen LogP) is 1.83. The first-order valence-corrected chi connectivity index (χ1v) is 7.45. The summed E-state index contributed by atoms with van der Waals surface area (Å²) in [6, 6.07) is 9.54. The predicted molar refractivity (Wildman–Crippen MR) is 78.2 cm³/mol. The lowest BCUT2D eigenvalue weighted by atomic mass is 10.1. The Labute approximate surface area is 129 Å². The molecule has 120 valence electrons. The zero-order valence-corrected chi connectivity index (χ0v) is 12.8. The number of epoxide rings is 1. The normalized spacial score (nSPS) is 29.1. The molecule has 1 amide bonds. The maximum atomic E-state index is 11.8. The maximum Gasteiger partial charge on any atom is 0.407 e. The van der Waals surface area contributed by atoms with Gasteiger partial charge in [0.05, 0.1) is 6.61 Å². The van der Waals surface area contributed by atoms with Gasteiger partial charge in [-0.3, -0.25) is 0 Å². The van der Waals surface area contributed by atoms with Gasteiger partial charge in [0.15, 0.2) is 5.79 Å². The molecule has 2 fully saturated rings. The number of hydrogen-bond acceptors (Lipinski definition) is 5. The number of ether oxygens (including phenoxy) is 4. The van der Waals surface area contributed by atoms with Crippen molar-refractivity contribution < 1.29 is 23.7 Å². The van der Waals surface area contributed by atoms with Crippen molar-refractivity contribution in [1.29, 1.82) is 0 Å². The van der Waals surface area contributed by atoms with Crippen LogP contribution in [0.2, 0.25) is 0 Å². The van der Waals surface area contributed by atoms with E-state index in [1.165, 1.54) is 0 Å². The summed E-state index contributed by atoms with van der Waals surface area (Å²) in [5.41, 5.74) is 0.948. The van der Waals surface area contributed by atoms with Gasteiger partial charge >= 0.3 is 6.09 Å². The van der Waals surface area contributed by atoms with Crippen LogP contribution in [0, 0.1) is 0 Å². The van der Waals surface area contributed by atoms with Crippen LogP contribution in [-0.2, 0) is 25.6 Å². The molecule has 1 N–H and O–H groups in total. The standard InChI is InChI=1S/C16H21NO5/c1-16(2)21-12(14(22-16)13-10-19-13)8-17-15(18)20-9-11-6-4-3-5-7-11/h3-7,12-14H,8-10H2,1-2H3,(H,17,18)/t12-,13-,14+/m1/s1. The highest BCUT2D eigenvalue weighted by atomic mass is 16.8. The first-order valence-electron chi connectivity index (χ1n) is 7.45. The fourth-order valence-corrected chi connectivity index (χ4v) is 2.54. The van der Waals surface area contributed by atoms with Gasteiger partial charge in [0.25, 0.3) is 0 Å². The molecule has 3 atom stereocenters. The van der Waals surface area contributed by atoms with Crippen LogP contribution < -0.4 is 5.32 Å². The van der Waals surface area contributed by atoms with E-state index in [9.17, 15) is 4.79 Å². The molecule has 2 heterocycles. The Morgan fingerprint density at radius 3 is 2.73 bits per heavy atom. The smallest absolute Gasteiger partial charge is 0.407 e. The molecule has 22 heavy (non-hydrogen) atoms. The molecule has 2 saturated heterocycles. The summed E-state index contributed by atoms with van der Waals surface area (Å²) >= 11 is 0. The number of hydrogen-bond donors (Lipinski definition) is 1. The molecule has 0 bridgehead atoms. The quantitative estimate of drug-likeness (QED) is 0.841. The zero-order valence-electron chi connectivity index (χ0n) is 12.8. The molecule has 2 aliphatic heterocycles. The van der Waals surface area contributed by atoms with Crippen molar-refractivity contribution in [1.82, 2.24) is 5.32 Å². The summed E-state index contributed by atoms with van der Waals surface area (Å²) in [6.45, 7) is 4.97. The topological polar surface area (TPSA) is 69.3 Å². The highest BCUT2D eigenvalue weighted by Gasteiger charge is 2.49. The molecule has 0 aromatic heterocycles. The van der Waals surface area contributed by atoms with Crippen molar-refractivity contribution in [3.8, 4) is 0 Å². The number of carbonyl (C=O) groups is 1. The molecule has 6 nitrogen and oxygen atoms in total. The fourth-order valence-electron chi connectivity index (χ4n) is 2.54. The van der Waals surface area contributed by atoms with Gasteiger partial charge in [0.2, 0.25) is 0 Å². The second kappa shape index (κ2) is 6.24. The van der Waals surface area contributed by atoms with Crippen LogP contribution in [0.15, 0.2) is 30.3 Å². The van der Waals surface area contributed by atoms with E-state index in [1.807, 2.05) is 44.2 Å². The van der Waals surface area contributed by atoms with Crippen LogP contribution in [0.4, 0.5) is 4.79 Å². The van der Waals surface area contributed by atoms with Gasteiger partial charge in [-0.15, -0.1) is 0 Å². The lowest BCUT2D eigenvalue weighted by Gasteiger charge is -2.17. The van der Waals surface area contributed by atoms with Crippen LogP contribution in [0.5, 0.6) is 0 Å². The SMILES string of the molecule is CC1(C)O[C@H]([C@H]2CO2)[C@@H](CNC(=O)OCc2ccccc2)O1. The van der Waals surface area contributed by atoms with E-state index >= 15 is 0 Å². The Kier molecular flexibility index (Phi) is 4.33. The molecule has 1 aromatic carbocycles. The van der Waals surface area contributed by atoms with Crippen molar-refractivity contribution in [3.63, 3.8) is 0 Å². The highest BCUT2D eigenvalue weighted by molar-refractivity contribution is 5.67. The van der Waals surface area contributed by atoms with Gasteiger partial charge in [-0.2, -0.15) is 0 Å². The first-order chi connectivity index (χ1) is 10.5. The molecule has 1 aromatic rings. The van der Waals surface area contributed by atoms with Crippen molar-refractivity contribution >= 4 is 6.09 Å². The minimum atomic E-state index is -0.656.